The van der Waals surface area contributed by atoms with Crippen LogP contribution < -0.4 is 16.2 Å². The number of ether oxygens (including phenoxy) is 2. The second kappa shape index (κ2) is 7.61. The molecule has 1 aromatic heterocycles. The van der Waals surface area contributed by atoms with E-state index in [0.717, 1.165) is 17.7 Å². The highest BCUT2D eigenvalue weighted by molar-refractivity contribution is 8.06. The largest absolute Gasteiger partial charge is 0.465 e. The highest BCUT2D eigenvalue weighted by atomic mass is 32.2. The Labute approximate surface area is 154 Å². The Morgan fingerprint density at radius 1 is 1.30 bits per heavy atom. The molecule has 0 atom stereocenters. The van der Waals surface area contributed by atoms with E-state index in [1.54, 1.807) is 0 Å². The lowest BCUT2D eigenvalue weighted by Crippen LogP contribution is -2.28. The molecule has 0 aliphatic carbocycles. The van der Waals surface area contributed by atoms with Gasteiger partial charge in [0.2, 0.25) is 0 Å². The SMILES string of the molecule is CCCOc1nn(-c2c(C(=O)OC)cccc2S(=O)(=O)C(N)=O)c(=O)n1C. The first-order valence-electron chi connectivity index (χ1n) is 7.71. The number of carbonyl (C=O) groups excluding carboxylic acids is 2. The first kappa shape index (κ1) is 20.2. The van der Waals surface area contributed by atoms with Gasteiger partial charge in [0.05, 0.1) is 19.3 Å². The van der Waals surface area contributed by atoms with Crippen LogP contribution in [0, 0.1) is 0 Å². The van der Waals surface area contributed by atoms with Gasteiger partial charge in [-0.3, -0.25) is 4.79 Å². The summed E-state index contributed by atoms with van der Waals surface area (Å²) in [5, 5.41) is 2.31. The Kier molecular flexibility index (Phi) is 5.69. The third-order valence-electron chi connectivity index (χ3n) is 3.55. The van der Waals surface area contributed by atoms with Gasteiger partial charge in [0.15, 0.2) is 0 Å². The normalized spacial score (nSPS) is 11.2. The number of sulfone groups is 1. The summed E-state index contributed by atoms with van der Waals surface area (Å²) in [5.41, 5.74) is 3.43. The van der Waals surface area contributed by atoms with E-state index in [1.165, 1.54) is 19.2 Å². The summed E-state index contributed by atoms with van der Waals surface area (Å²) in [6.07, 6.45) is 0.640. The lowest BCUT2D eigenvalue weighted by molar-refractivity contribution is 0.0600. The fourth-order valence-corrected chi connectivity index (χ4v) is 3.15. The zero-order valence-corrected chi connectivity index (χ0v) is 15.6. The number of methoxy groups -OCH3 is 1. The van der Waals surface area contributed by atoms with E-state index in [2.05, 4.69) is 9.84 Å². The molecule has 11 nitrogen and oxygen atoms in total. The van der Waals surface area contributed by atoms with Gasteiger partial charge in [-0.05, 0) is 18.6 Å². The van der Waals surface area contributed by atoms with Gasteiger partial charge in [-0.1, -0.05) is 13.0 Å². The van der Waals surface area contributed by atoms with E-state index in [4.69, 9.17) is 10.5 Å². The first-order chi connectivity index (χ1) is 12.7. The average Bonchev–Trinajstić information content (AvgIpc) is 2.93. The number of para-hydroxylation sites is 1. The maximum atomic E-state index is 12.6. The molecule has 1 heterocycles. The van der Waals surface area contributed by atoms with E-state index in [1.807, 2.05) is 6.92 Å². The number of amides is 1. The number of nitrogens with zero attached hydrogens (tertiary/aromatic N) is 3. The molecule has 0 fully saturated rings. The van der Waals surface area contributed by atoms with E-state index in [-0.39, 0.29) is 18.2 Å². The summed E-state index contributed by atoms with van der Waals surface area (Å²) in [7, 11) is -2.23. The molecule has 0 saturated carbocycles. The van der Waals surface area contributed by atoms with Crippen molar-refractivity contribution in [1.29, 1.82) is 0 Å². The quantitative estimate of drug-likeness (QED) is 0.667. The van der Waals surface area contributed by atoms with Crippen LogP contribution in [0.15, 0.2) is 27.9 Å². The molecular weight excluding hydrogens is 380 g/mol. The molecule has 0 aliphatic heterocycles. The van der Waals surface area contributed by atoms with E-state index in [9.17, 15) is 22.8 Å². The standard InChI is InChI=1S/C15H18N4O7S/c1-4-8-26-14-17-19(15(22)18(14)2)11-9(12(20)25-3)6-5-7-10(11)27(23,24)13(16)21/h5-7H,4,8H2,1-3H3,(H2,16,21). The minimum Gasteiger partial charge on any atom is -0.465 e. The van der Waals surface area contributed by atoms with Crippen LogP contribution >= 0.6 is 0 Å². The van der Waals surface area contributed by atoms with Crippen LogP contribution in [0.3, 0.4) is 0 Å². The van der Waals surface area contributed by atoms with E-state index < -0.39 is 37.3 Å². The van der Waals surface area contributed by atoms with Crippen molar-refractivity contribution in [3.63, 3.8) is 0 Å². The van der Waals surface area contributed by atoms with Gasteiger partial charge in [-0.25, -0.2) is 22.6 Å². The van der Waals surface area contributed by atoms with Crippen LogP contribution in [0.25, 0.3) is 5.69 Å². The van der Waals surface area contributed by atoms with Crippen molar-refractivity contribution < 1.29 is 27.5 Å². The molecule has 146 valence electrons. The van der Waals surface area contributed by atoms with Gasteiger partial charge in [0, 0.05) is 7.05 Å². The predicted molar refractivity (Wildman–Crippen MR) is 92.7 cm³/mol. The van der Waals surface area contributed by atoms with Gasteiger partial charge in [0.1, 0.15) is 10.6 Å². The zero-order valence-electron chi connectivity index (χ0n) is 14.8. The van der Waals surface area contributed by atoms with Crippen LogP contribution in [-0.4, -0.2) is 47.7 Å². The van der Waals surface area contributed by atoms with Crippen molar-refractivity contribution in [2.45, 2.75) is 18.2 Å². The van der Waals surface area contributed by atoms with Gasteiger partial charge >= 0.3 is 22.9 Å². The second-order valence-electron chi connectivity index (χ2n) is 5.35. The summed E-state index contributed by atoms with van der Waals surface area (Å²) >= 11 is 0. The molecule has 2 N–H and O–H groups in total. The fourth-order valence-electron chi connectivity index (χ4n) is 2.22. The Bertz CT molecular complexity index is 1050. The molecule has 27 heavy (non-hydrogen) atoms. The van der Waals surface area contributed by atoms with Crippen molar-refractivity contribution in [1.82, 2.24) is 14.3 Å². The number of aromatic nitrogens is 3. The molecule has 0 aliphatic rings. The molecule has 2 aromatic rings. The van der Waals surface area contributed by atoms with Crippen LogP contribution in [-0.2, 0) is 21.6 Å². The van der Waals surface area contributed by atoms with Crippen molar-refractivity contribution in [2.24, 2.45) is 12.8 Å². The number of hydrogen-bond acceptors (Lipinski definition) is 8. The van der Waals surface area contributed by atoms with Gasteiger partial charge in [0.25, 0.3) is 9.84 Å². The maximum absolute atomic E-state index is 12.6. The summed E-state index contributed by atoms with van der Waals surface area (Å²) < 4.78 is 36.4. The number of esters is 1. The fraction of sp³-hybridized carbons (Fsp3) is 0.333. The third-order valence-corrected chi connectivity index (χ3v) is 4.98. The first-order valence-corrected chi connectivity index (χ1v) is 9.20. The summed E-state index contributed by atoms with van der Waals surface area (Å²) in [5.74, 6) is -0.930. The third kappa shape index (κ3) is 3.56. The number of benzene rings is 1. The monoisotopic (exact) mass is 398 g/mol. The number of nitrogens with two attached hydrogens (primary N) is 1. The van der Waals surface area contributed by atoms with Crippen molar-refractivity contribution in [3.8, 4) is 11.7 Å². The molecule has 1 aromatic carbocycles. The highest BCUT2D eigenvalue weighted by Crippen LogP contribution is 2.25. The number of hydrogen-bond donors (Lipinski definition) is 1. The molecule has 2 rings (SSSR count). The number of primary amides is 1. The second-order valence-corrected chi connectivity index (χ2v) is 7.20. The molecule has 0 saturated heterocycles. The average molecular weight is 398 g/mol. The lowest BCUT2D eigenvalue weighted by atomic mass is 10.2. The molecule has 12 heteroatoms. The number of rotatable bonds is 6. The maximum Gasteiger partial charge on any atom is 0.353 e. The molecular formula is C15H18N4O7S. The minimum atomic E-state index is -4.68. The summed E-state index contributed by atoms with van der Waals surface area (Å²) in [6.45, 7) is 2.11. The predicted octanol–water partition coefficient (Wildman–Crippen LogP) is -0.00120. The lowest BCUT2D eigenvalue weighted by Gasteiger charge is -2.11. The molecule has 1 amide bonds. The number of carbonyl (C=O) groups is 2. The van der Waals surface area contributed by atoms with Crippen LogP contribution in [0.4, 0.5) is 4.79 Å². The molecule has 0 unspecified atom stereocenters. The topological polar surface area (TPSA) is 153 Å². The van der Waals surface area contributed by atoms with Gasteiger partial charge in [-0.15, -0.1) is 5.10 Å². The minimum absolute atomic E-state index is 0.0936. The van der Waals surface area contributed by atoms with Gasteiger partial charge in [-0.2, -0.15) is 4.68 Å². The van der Waals surface area contributed by atoms with Crippen molar-refractivity contribution in [2.75, 3.05) is 13.7 Å². The smallest absolute Gasteiger partial charge is 0.353 e. The van der Waals surface area contributed by atoms with Gasteiger partial charge < -0.3 is 15.2 Å². The Balaban J connectivity index is 2.88. The zero-order chi connectivity index (χ0) is 20.4. The highest BCUT2D eigenvalue weighted by Gasteiger charge is 2.31. The molecule has 0 bridgehead atoms. The van der Waals surface area contributed by atoms with Crippen LogP contribution in [0.5, 0.6) is 6.01 Å². The molecule has 0 radical (unpaired) electrons. The molecule has 0 spiro atoms. The Morgan fingerprint density at radius 3 is 2.52 bits per heavy atom. The summed E-state index contributed by atoms with van der Waals surface area (Å²) in [4.78, 5) is 35.5. The van der Waals surface area contributed by atoms with Crippen LogP contribution in [0.1, 0.15) is 23.7 Å². The van der Waals surface area contributed by atoms with Crippen LogP contribution in [0.2, 0.25) is 0 Å². The Hall–Kier alpha value is -3.15. The van der Waals surface area contributed by atoms with E-state index >= 15 is 0 Å². The van der Waals surface area contributed by atoms with Crippen molar-refractivity contribution in [3.05, 3.63) is 34.2 Å². The van der Waals surface area contributed by atoms with E-state index in [0.29, 0.717) is 11.1 Å². The Morgan fingerprint density at radius 2 is 1.96 bits per heavy atom. The van der Waals surface area contributed by atoms with Crippen molar-refractivity contribution >= 4 is 21.0 Å². The summed E-state index contributed by atoms with van der Waals surface area (Å²) in [6, 6.07) is 3.39.